The molecule has 0 aliphatic rings. The highest BCUT2D eigenvalue weighted by atomic mass is 16.3. The second-order valence-corrected chi connectivity index (χ2v) is 8.30. The van der Waals surface area contributed by atoms with E-state index in [1.54, 1.807) is 0 Å². The Labute approximate surface area is 178 Å². The van der Waals surface area contributed by atoms with E-state index in [1.807, 2.05) is 0 Å². The molecule has 7 rings (SSSR count). The van der Waals surface area contributed by atoms with E-state index in [0.29, 0.717) is 0 Å². The first-order valence-corrected chi connectivity index (χ1v) is 10.6. The molecule has 0 aliphatic heterocycles. The van der Waals surface area contributed by atoms with Crippen molar-refractivity contribution in [2.45, 2.75) is 6.92 Å². The van der Waals surface area contributed by atoms with Crippen LogP contribution in [0.1, 0.15) is 5.56 Å². The maximum Gasteiger partial charge on any atom is 0.135 e. The topological polar surface area (TPSA) is 18.1 Å². The molecule has 0 saturated heterocycles. The van der Waals surface area contributed by atoms with Gasteiger partial charge in [-0.2, -0.15) is 0 Å². The molecule has 5 aromatic carbocycles. The first-order valence-electron chi connectivity index (χ1n) is 10.6. The van der Waals surface area contributed by atoms with Gasteiger partial charge >= 0.3 is 0 Å². The molecule has 0 N–H and O–H groups in total. The molecule has 2 aromatic heterocycles. The van der Waals surface area contributed by atoms with Gasteiger partial charge in [0.05, 0.1) is 11.0 Å². The maximum absolute atomic E-state index is 6.13. The number of nitrogens with zero attached hydrogens (tertiary/aromatic N) is 1. The molecule has 2 nitrogen and oxygen atoms in total. The monoisotopic (exact) mass is 397 g/mol. The van der Waals surface area contributed by atoms with Crippen LogP contribution in [0.4, 0.5) is 0 Å². The van der Waals surface area contributed by atoms with Gasteiger partial charge in [0, 0.05) is 27.2 Å². The fourth-order valence-corrected chi connectivity index (χ4v) is 5.06. The van der Waals surface area contributed by atoms with Gasteiger partial charge in [0.2, 0.25) is 0 Å². The molecule has 0 unspecified atom stereocenters. The third-order valence-corrected chi connectivity index (χ3v) is 6.49. The van der Waals surface area contributed by atoms with E-state index in [2.05, 4.69) is 109 Å². The molecule has 0 atom stereocenters. The highest BCUT2D eigenvalue weighted by molar-refractivity contribution is 6.14. The molecule has 7 aromatic rings. The number of para-hydroxylation sites is 1. The molecule has 0 aliphatic carbocycles. The molecule has 0 saturated carbocycles. The fourth-order valence-electron chi connectivity index (χ4n) is 5.06. The number of aromatic nitrogens is 1. The first kappa shape index (κ1) is 16.7. The van der Waals surface area contributed by atoms with Crippen molar-refractivity contribution in [3.8, 4) is 5.69 Å². The summed E-state index contributed by atoms with van der Waals surface area (Å²) >= 11 is 0. The summed E-state index contributed by atoms with van der Waals surface area (Å²) in [4.78, 5) is 0. The van der Waals surface area contributed by atoms with E-state index in [1.165, 1.54) is 43.5 Å². The summed E-state index contributed by atoms with van der Waals surface area (Å²) in [5, 5.41) is 7.44. The van der Waals surface area contributed by atoms with Gasteiger partial charge in [-0.1, -0.05) is 54.6 Å². The molecular formula is C29H19NO. The van der Waals surface area contributed by atoms with Crippen molar-refractivity contribution in [3.63, 3.8) is 0 Å². The van der Waals surface area contributed by atoms with Gasteiger partial charge in [0.15, 0.2) is 0 Å². The zero-order valence-corrected chi connectivity index (χ0v) is 17.1. The third-order valence-electron chi connectivity index (χ3n) is 6.49. The summed E-state index contributed by atoms with van der Waals surface area (Å²) in [6.07, 6.45) is 0. The Hall–Kier alpha value is -4.04. The number of rotatable bonds is 1. The van der Waals surface area contributed by atoms with Crippen LogP contribution in [0.5, 0.6) is 0 Å². The SMILES string of the molecule is Cc1cccc2oc3ccc(-n4c5ccccc5c5cc6ccccc6cc54)cc3c12. The van der Waals surface area contributed by atoms with Gasteiger partial charge in [-0.3, -0.25) is 0 Å². The van der Waals surface area contributed by atoms with Crippen molar-refractivity contribution in [2.75, 3.05) is 0 Å². The van der Waals surface area contributed by atoms with Gasteiger partial charge in [-0.15, -0.1) is 0 Å². The Morgan fingerprint density at radius 2 is 1.39 bits per heavy atom. The van der Waals surface area contributed by atoms with Crippen LogP contribution >= 0.6 is 0 Å². The van der Waals surface area contributed by atoms with Crippen LogP contribution in [0.15, 0.2) is 101 Å². The zero-order chi connectivity index (χ0) is 20.5. The Kier molecular flexibility index (Phi) is 3.23. The Morgan fingerprint density at radius 3 is 2.29 bits per heavy atom. The van der Waals surface area contributed by atoms with Gasteiger partial charge in [-0.05, 0) is 65.7 Å². The van der Waals surface area contributed by atoms with Crippen molar-refractivity contribution in [2.24, 2.45) is 0 Å². The average Bonchev–Trinajstić information content (AvgIpc) is 3.33. The van der Waals surface area contributed by atoms with Gasteiger partial charge in [0.25, 0.3) is 0 Å². The van der Waals surface area contributed by atoms with Crippen LogP contribution in [0.2, 0.25) is 0 Å². The molecule has 0 amide bonds. The first-order chi connectivity index (χ1) is 15.3. The molecular weight excluding hydrogens is 378 g/mol. The van der Waals surface area contributed by atoms with Crippen molar-refractivity contribution < 1.29 is 4.42 Å². The zero-order valence-electron chi connectivity index (χ0n) is 17.1. The predicted octanol–water partition coefficient (Wildman–Crippen LogP) is 8.14. The number of aryl methyl sites for hydroxylation is 1. The van der Waals surface area contributed by atoms with E-state index in [-0.39, 0.29) is 0 Å². The lowest BCUT2D eigenvalue weighted by atomic mass is 10.1. The van der Waals surface area contributed by atoms with E-state index in [9.17, 15) is 0 Å². The number of hydrogen-bond donors (Lipinski definition) is 0. The Bertz CT molecular complexity index is 1800. The summed E-state index contributed by atoms with van der Waals surface area (Å²) in [6, 6.07) is 34.7. The van der Waals surface area contributed by atoms with E-state index >= 15 is 0 Å². The second-order valence-electron chi connectivity index (χ2n) is 8.30. The van der Waals surface area contributed by atoms with Crippen LogP contribution in [0, 0.1) is 6.92 Å². The number of fused-ring (bicyclic) bond motifs is 7. The van der Waals surface area contributed by atoms with Crippen molar-refractivity contribution >= 4 is 54.5 Å². The fraction of sp³-hybridized carbons (Fsp3) is 0.0345. The molecule has 146 valence electrons. The minimum absolute atomic E-state index is 0.930. The van der Waals surface area contributed by atoms with Crippen LogP contribution in [-0.2, 0) is 0 Å². The van der Waals surface area contributed by atoms with Crippen LogP contribution < -0.4 is 0 Å². The largest absolute Gasteiger partial charge is 0.456 e. The highest BCUT2D eigenvalue weighted by Crippen LogP contribution is 2.37. The van der Waals surface area contributed by atoms with Crippen molar-refractivity contribution in [3.05, 3.63) is 103 Å². The summed E-state index contributed by atoms with van der Waals surface area (Å²) in [5.74, 6) is 0. The van der Waals surface area contributed by atoms with E-state index in [4.69, 9.17) is 4.42 Å². The highest BCUT2D eigenvalue weighted by Gasteiger charge is 2.15. The lowest BCUT2D eigenvalue weighted by molar-refractivity contribution is 0.668. The molecule has 2 heterocycles. The molecule has 0 fully saturated rings. The minimum atomic E-state index is 0.930. The lowest BCUT2D eigenvalue weighted by Gasteiger charge is -2.09. The average molecular weight is 397 g/mol. The van der Waals surface area contributed by atoms with Gasteiger partial charge in [-0.25, -0.2) is 0 Å². The van der Waals surface area contributed by atoms with E-state index in [0.717, 1.165) is 22.2 Å². The summed E-state index contributed by atoms with van der Waals surface area (Å²) in [6.45, 7) is 2.15. The van der Waals surface area contributed by atoms with Crippen molar-refractivity contribution in [1.82, 2.24) is 4.57 Å². The van der Waals surface area contributed by atoms with Gasteiger partial charge < -0.3 is 8.98 Å². The Morgan fingerprint density at radius 1 is 0.581 bits per heavy atom. The lowest BCUT2D eigenvalue weighted by Crippen LogP contribution is -1.93. The molecule has 31 heavy (non-hydrogen) atoms. The number of benzene rings is 5. The smallest absolute Gasteiger partial charge is 0.135 e. The van der Waals surface area contributed by atoms with Crippen molar-refractivity contribution in [1.29, 1.82) is 0 Å². The summed E-state index contributed by atoms with van der Waals surface area (Å²) in [7, 11) is 0. The van der Waals surface area contributed by atoms with Crippen LogP contribution in [0.25, 0.3) is 60.2 Å². The second kappa shape index (κ2) is 5.99. The van der Waals surface area contributed by atoms with Crippen LogP contribution in [-0.4, -0.2) is 4.57 Å². The third kappa shape index (κ3) is 2.27. The Balaban J connectivity index is 1.64. The summed E-state index contributed by atoms with van der Waals surface area (Å²) in [5.41, 5.74) is 6.71. The summed E-state index contributed by atoms with van der Waals surface area (Å²) < 4.78 is 8.51. The molecule has 0 radical (unpaired) electrons. The quantitative estimate of drug-likeness (QED) is 0.273. The maximum atomic E-state index is 6.13. The number of hydrogen-bond acceptors (Lipinski definition) is 1. The number of furan rings is 1. The normalized spacial score (nSPS) is 12.0. The van der Waals surface area contributed by atoms with Crippen LogP contribution in [0.3, 0.4) is 0 Å². The molecule has 0 bridgehead atoms. The predicted molar refractivity (Wildman–Crippen MR) is 130 cm³/mol. The minimum Gasteiger partial charge on any atom is -0.456 e. The van der Waals surface area contributed by atoms with E-state index < -0.39 is 0 Å². The molecule has 2 heteroatoms. The van der Waals surface area contributed by atoms with Gasteiger partial charge in [0.1, 0.15) is 11.2 Å². The molecule has 0 spiro atoms. The standard InChI is InChI=1S/C29H19NO/c1-18-7-6-12-28-29(18)24-17-21(13-14-27(24)31-28)30-25-11-5-4-10-22(25)23-15-19-8-2-3-9-20(19)16-26(23)30/h2-17H,1H3.